The third-order valence-corrected chi connectivity index (χ3v) is 5.35. The number of aliphatic hydroxyl groups is 1. The number of benzene rings is 1. The summed E-state index contributed by atoms with van der Waals surface area (Å²) < 4.78 is 0. The van der Waals surface area contributed by atoms with Crippen LogP contribution in [0.25, 0.3) is 0 Å². The summed E-state index contributed by atoms with van der Waals surface area (Å²) in [4.78, 5) is 0. The van der Waals surface area contributed by atoms with Crippen molar-refractivity contribution in [2.75, 3.05) is 6.54 Å². The summed E-state index contributed by atoms with van der Waals surface area (Å²) in [7, 11) is 0. The number of aliphatic hydroxyl groups excluding tert-OH is 1. The number of nitrogens with one attached hydrogen (secondary N) is 1. The molecule has 5 unspecified atom stereocenters. The summed E-state index contributed by atoms with van der Waals surface area (Å²) in [6.45, 7) is 3.46. The van der Waals surface area contributed by atoms with Gasteiger partial charge in [0.15, 0.2) is 0 Å². The summed E-state index contributed by atoms with van der Waals surface area (Å²) in [5.74, 6) is 1.85. The molecule has 2 N–H and O–H groups in total. The van der Waals surface area contributed by atoms with Crippen molar-refractivity contribution in [3.8, 4) is 0 Å². The molecule has 1 aromatic rings. The Hall–Kier alpha value is -0.860. The lowest BCUT2D eigenvalue weighted by atomic mass is 9.71. The third kappa shape index (κ3) is 3.07. The predicted octanol–water partition coefficient (Wildman–Crippen LogP) is 3.32. The number of piperidine rings is 1. The van der Waals surface area contributed by atoms with E-state index in [1.807, 2.05) is 0 Å². The summed E-state index contributed by atoms with van der Waals surface area (Å²) in [5.41, 5.74) is 1.45. The van der Waals surface area contributed by atoms with Gasteiger partial charge in [-0.05, 0) is 56.0 Å². The van der Waals surface area contributed by atoms with Gasteiger partial charge in [-0.3, -0.25) is 0 Å². The van der Waals surface area contributed by atoms with Crippen LogP contribution in [0.5, 0.6) is 0 Å². The average Bonchev–Trinajstić information content (AvgIpc) is 2.48. The van der Waals surface area contributed by atoms with Gasteiger partial charge in [0.05, 0.1) is 6.10 Å². The Morgan fingerprint density at radius 3 is 2.60 bits per heavy atom. The van der Waals surface area contributed by atoms with Crippen molar-refractivity contribution < 1.29 is 5.11 Å². The molecule has 0 radical (unpaired) electrons. The fourth-order valence-electron chi connectivity index (χ4n) is 4.13. The van der Waals surface area contributed by atoms with E-state index in [0.29, 0.717) is 17.9 Å². The molecule has 5 atom stereocenters. The van der Waals surface area contributed by atoms with E-state index in [-0.39, 0.29) is 6.10 Å². The average molecular weight is 273 g/mol. The Kier molecular flexibility index (Phi) is 4.42. The van der Waals surface area contributed by atoms with Gasteiger partial charge in [-0.2, -0.15) is 0 Å². The Morgan fingerprint density at radius 2 is 1.85 bits per heavy atom. The van der Waals surface area contributed by atoms with E-state index in [0.717, 1.165) is 31.7 Å². The second-order valence-corrected chi connectivity index (χ2v) is 6.84. The van der Waals surface area contributed by atoms with Crippen LogP contribution in [0, 0.1) is 11.8 Å². The molecule has 0 aromatic heterocycles. The summed E-state index contributed by atoms with van der Waals surface area (Å²) in [6.07, 6.45) is 5.61. The second kappa shape index (κ2) is 6.28. The van der Waals surface area contributed by atoms with Gasteiger partial charge >= 0.3 is 0 Å². The first-order chi connectivity index (χ1) is 9.74. The standard InChI is InChI=1S/C18H27NO/c1-13-9-10-19-17(11-13)16-12-15(7-8-18(16)20)14-5-3-2-4-6-14/h2-6,13,15-20H,7-12H2,1H3. The Morgan fingerprint density at radius 1 is 1.05 bits per heavy atom. The molecule has 2 nitrogen and oxygen atoms in total. The first kappa shape index (κ1) is 14.1. The van der Waals surface area contributed by atoms with Gasteiger partial charge < -0.3 is 10.4 Å². The molecule has 20 heavy (non-hydrogen) atoms. The lowest BCUT2D eigenvalue weighted by Crippen LogP contribution is -2.48. The summed E-state index contributed by atoms with van der Waals surface area (Å²) in [5, 5.41) is 14.1. The van der Waals surface area contributed by atoms with Crippen LogP contribution < -0.4 is 5.32 Å². The maximum atomic E-state index is 10.4. The molecular formula is C18H27NO. The molecule has 0 bridgehead atoms. The van der Waals surface area contributed by atoms with Crippen molar-refractivity contribution in [3.05, 3.63) is 35.9 Å². The molecule has 0 spiro atoms. The fraction of sp³-hybridized carbons (Fsp3) is 0.667. The van der Waals surface area contributed by atoms with Gasteiger partial charge in [-0.15, -0.1) is 0 Å². The van der Waals surface area contributed by atoms with E-state index < -0.39 is 0 Å². The van der Waals surface area contributed by atoms with Crippen LogP contribution in [-0.2, 0) is 0 Å². The second-order valence-electron chi connectivity index (χ2n) is 6.84. The van der Waals surface area contributed by atoms with Crippen LogP contribution in [-0.4, -0.2) is 23.8 Å². The van der Waals surface area contributed by atoms with Gasteiger partial charge in [-0.1, -0.05) is 37.3 Å². The Labute approximate surface area is 122 Å². The largest absolute Gasteiger partial charge is 0.393 e. The van der Waals surface area contributed by atoms with Gasteiger partial charge in [0.25, 0.3) is 0 Å². The number of hydrogen-bond acceptors (Lipinski definition) is 2. The summed E-state index contributed by atoms with van der Waals surface area (Å²) >= 11 is 0. The van der Waals surface area contributed by atoms with E-state index in [1.54, 1.807) is 0 Å². The maximum absolute atomic E-state index is 10.4. The molecule has 1 aromatic carbocycles. The first-order valence-corrected chi connectivity index (χ1v) is 8.20. The predicted molar refractivity (Wildman–Crippen MR) is 82.7 cm³/mol. The normalized spacial score (nSPS) is 38.6. The van der Waals surface area contributed by atoms with Crippen molar-refractivity contribution in [3.63, 3.8) is 0 Å². The highest BCUT2D eigenvalue weighted by Crippen LogP contribution is 2.39. The van der Waals surface area contributed by atoms with E-state index in [4.69, 9.17) is 0 Å². The minimum atomic E-state index is -0.113. The molecule has 3 rings (SSSR count). The summed E-state index contributed by atoms with van der Waals surface area (Å²) in [6, 6.07) is 11.4. The smallest absolute Gasteiger partial charge is 0.0583 e. The number of hydrogen-bond donors (Lipinski definition) is 2. The molecule has 2 aliphatic rings. The third-order valence-electron chi connectivity index (χ3n) is 5.35. The molecule has 1 saturated heterocycles. The lowest BCUT2D eigenvalue weighted by molar-refractivity contribution is 0.0302. The van der Waals surface area contributed by atoms with Gasteiger partial charge in [0, 0.05) is 12.0 Å². The zero-order valence-electron chi connectivity index (χ0n) is 12.5. The van der Waals surface area contributed by atoms with E-state index >= 15 is 0 Å². The van der Waals surface area contributed by atoms with Crippen molar-refractivity contribution >= 4 is 0 Å². The first-order valence-electron chi connectivity index (χ1n) is 8.20. The monoisotopic (exact) mass is 273 g/mol. The quantitative estimate of drug-likeness (QED) is 0.866. The van der Waals surface area contributed by atoms with Crippen LogP contribution in [0.1, 0.15) is 50.5 Å². The molecule has 2 fully saturated rings. The van der Waals surface area contributed by atoms with Crippen LogP contribution in [0.4, 0.5) is 0 Å². The molecule has 1 aliphatic carbocycles. The van der Waals surface area contributed by atoms with Crippen molar-refractivity contribution in [1.29, 1.82) is 0 Å². The highest BCUT2D eigenvalue weighted by Gasteiger charge is 2.36. The fourth-order valence-corrected chi connectivity index (χ4v) is 4.13. The van der Waals surface area contributed by atoms with Crippen LogP contribution >= 0.6 is 0 Å². The zero-order valence-corrected chi connectivity index (χ0v) is 12.5. The van der Waals surface area contributed by atoms with Crippen molar-refractivity contribution in [2.45, 2.75) is 57.1 Å². The van der Waals surface area contributed by atoms with Crippen LogP contribution in [0.15, 0.2) is 30.3 Å². The Bertz CT molecular complexity index is 419. The molecule has 2 heteroatoms. The molecular weight excluding hydrogens is 246 g/mol. The van der Waals surface area contributed by atoms with E-state index in [1.165, 1.54) is 18.4 Å². The number of rotatable bonds is 2. The van der Waals surface area contributed by atoms with Crippen molar-refractivity contribution in [1.82, 2.24) is 5.32 Å². The zero-order chi connectivity index (χ0) is 13.9. The van der Waals surface area contributed by atoms with Gasteiger partial charge in [0.1, 0.15) is 0 Å². The molecule has 1 heterocycles. The topological polar surface area (TPSA) is 32.3 Å². The van der Waals surface area contributed by atoms with Crippen LogP contribution in [0.2, 0.25) is 0 Å². The van der Waals surface area contributed by atoms with E-state index in [2.05, 4.69) is 42.6 Å². The minimum Gasteiger partial charge on any atom is -0.393 e. The van der Waals surface area contributed by atoms with Crippen molar-refractivity contribution in [2.24, 2.45) is 11.8 Å². The minimum absolute atomic E-state index is 0.113. The molecule has 110 valence electrons. The SMILES string of the molecule is CC1CCNC(C2CC(c3ccccc3)CCC2O)C1. The maximum Gasteiger partial charge on any atom is 0.0583 e. The van der Waals surface area contributed by atoms with Crippen LogP contribution in [0.3, 0.4) is 0 Å². The lowest BCUT2D eigenvalue weighted by Gasteiger charge is -2.41. The van der Waals surface area contributed by atoms with Gasteiger partial charge in [-0.25, -0.2) is 0 Å². The molecule has 0 amide bonds. The van der Waals surface area contributed by atoms with Gasteiger partial charge in [0.2, 0.25) is 0 Å². The highest BCUT2D eigenvalue weighted by molar-refractivity contribution is 5.20. The highest BCUT2D eigenvalue weighted by atomic mass is 16.3. The van der Waals surface area contributed by atoms with E-state index in [9.17, 15) is 5.11 Å². The Balaban J connectivity index is 1.70. The molecule has 1 aliphatic heterocycles. The molecule has 1 saturated carbocycles.